The minimum atomic E-state index is -3.56. The van der Waals surface area contributed by atoms with Gasteiger partial charge in [-0.05, 0) is 55.8 Å². The molecular formula is C21H26N2O6S. The third-order valence-electron chi connectivity index (χ3n) is 4.62. The summed E-state index contributed by atoms with van der Waals surface area (Å²) in [7, 11) is -1.98. The molecular weight excluding hydrogens is 408 g/mol. The first kappa shape index (κ1) is 21.8. The number of carbonyl (C=O) groups excluding carboxylic acids is 1. The zero-order valence-corrected chi connectivity index (χ0v) is 18.2. The maximum Gasteiger partial charge on any atom is 0.263 e. The Morgan fingerprint density at radius 1 is 1.23 bits per heavy atom. The smallest absolute Gasteiger partial charge is 0.263 e. The topological polar surface area (TPSA) is 94.2 Å². The summed E-state index contributed by atoms with van der Waals surface area (Å²) in [6, 6.07) is 12.0. The van der Waals surface area contributed by atoms with Crippen LogP contribution in [0.1, 0.15) is 12.5 Å². The van der Waals surface area contributed by atoms with E-state index in [0.29, 0.717) is 17.2 Å². The third-order valence-corrected chi connectivity index (χ3v) is 5.77. The second kappa shape index (κ2) is 8.83. The molecule has 0 spiro atoms. The van der Waals surface area contributed by atoms with E-state index >= 15 is 0 Å². The van der Waals surface area contributed by atoms with Crippen LogP contribution < -0.4 is 23.8 Å². The molecule has 9 heteroatoms. The van der Waals surface area contributed by atoms with Crippen molar-refractivity contribution in [3.63, 3.8) is 0 Å². The number of ether oxygens (including phenoxy) is 3. The van der Waals surface area contributed by atoms with E-state index in [0.717, 1.165) is 17.6 Å². The largest absolute Gasteiger partial charge is 0.497 e. The fraction of sp³-hybridized carbons (Fsp3) is 0.381. The molecule has 3 rings (SSSR count). The van der Waals surface area contributed by atoms with Crippen LogP contribution in [0.2, 0.25) is 0 Å². The SMILES string of the molecule is COc1ccc(OC[C@H](C)NC(=O)[C@H]2CN(S(C)(=O)=O)c3cc(C)ccc3O2)cc1. The molecule has 30 heavy (non-hydrogen) atoms. The van der Waals surface area contributed by atoms with Gasteiger partial charge in [0.15, 0.2) is 6.10 Å². The lowest BCUT2D eigenvalue weighted by molar-refractivity contribution is -0.128. The van der Waals surface area contributed by atoms with Gasteiger partial charge in [0.2, 0.25) is 10.0 Å². The Hall–Kier alpha value is -2.94. The molecule has 0 aliphatic carbocycles. The highest BCUT2D eigenvalue weighted by molar-refractivity contribution is 7.92. The van der Waals surface area contributed by atoms with Crippen LogP contribution in [0.5, 0.6) is 17.2 Å². The van der Waals surface area contributed by atoms with Crippen LogP contribution in [0.3, 0.4) is 0 Å². The molecule has 0 saturated heterocycles. The molecule has 2 aromatic carbocycles. The molecule has 1 aliphatic heterocycles. The molecule has 8 nitrogen and oxygen atoms in total. The van der Waals surface area contributed by atoms with Gasteiger partial charge in [-0.3, -0.25) is 9.10 Å². The average Bonchev–Trinajstić information content (AvgIpc) is 2.71. The highest BCUT2D eigenvalue weighted by Crippen LogP contribution is 2.35. The molecule has 0 saturated carbocycles. The number of anilines is 1. The van der Waals surface area contributed by atoms with Gasteiger partial charge in [-0.25, -0.2) is 8.42 Å². The Morgan fingerprint density at radius 3 is 2.53 bits per heavy atom. The summed E-state index contributed by atoms with van der Waals surface area (Å²) in [6.07, 6.45) is 0.156. The molecule has 1 amide bonds. The highest BCUT2D eigenvalue weighted by atomic mass is 32.2. The number of rotatable bonds is 7. The van der Waals surface area contributed by atoms with E-state index in [1.54, 1.807) is 50.4 Å². The minimum Gasteiger partial charge on any atom is -0.497 e. The van der Waals surface area contributed by atoms with Crippen LogP contribution in [-0.2, 0) is 14.8 Å². The molecule has 2 aromatic rings. The number of hydrogen-bond acceptors (Lipinski definition) is 6. The van der Waals surface area contributed by atoms with E-state index < -0.39 is 22.0 Å². The average molecular weight is 435 g/mol. The van der Waals surface area contributed by atoms with Crippen LogP contribution in [0, 0.1) is 6.92 Å². The Morgan fingerprint density at radius 2 is 1.90 bits per heavy atom. The Balaban J connectivity index is 1.63. The molecule has 1 aliphatic rings. The third kappa shape index (κ3) is 5.15. The van der Waals surface area contributed by atoms with Gasteiger partial charge in [0.1, 0.15) is 23.9 Å². The summed E-state index contributed by atoms with van der Waals surface area (Å²) in [5, 5.41) is 2.82. The van der Waals surface area contributed by atoms with Crippen LogP contribution in [0.15, 0.2) is 42.5 Å². The minimum absolute atomic E-state index is 0.0901. The predicted octanol–water partition coefficient (Wildman–Crippen LogP) is 2.11. The van der Waals surface area contributed by atoms with E-state index in [2.05, 4.69) is 5.32 Å². The first-order valence-corrected chi connectivity index (χ1v) is 11.3. The second-order valence-corrected chi connectivity index (χ2v) is 9.17. The molecule has 0 radical (unpaired) electrons. The number of fused-ring (bicyclic) bond motifs is 1. The predicted molar refractivity (Wildman–Crippen MR) is 114 cm³/mol. The lowest BCUT2D eigenvalue weighted by Gasteiger charge is -2.34. The number of nitrogens with one attached hydrogen (secondary N) is 1. The van der Waals surface area contributed by atoms with Gasteiger partial charge in [-0.1, -0.05) is 6.07 Å². The van der Waals surface area contributed by atoms with E-state index in [1.807, 2.05) is 13.0 Å². The molecule has 0 fully saturated rings. The van der Waals surface area contributed by atoms with Crippen LogP contribution in [0.4, 0.5) is 5.69 Å². The maximum absolute atomic E-state index is 12.7. The van der Waals surface area contributed by atoms with Crippen molar-refractivity contribution in [3.8, 4) is 17.2 Å². The number of methoxy groups -OCH3 is 1. The molecule has 0 aromatic heterocycles. The van der Waals surface area contributed by atoms with Gasteiger partial charge in [-0.2, -0.15) is 0 Å². The quantitative estimate of drug-likeness (QED) is 0.717. The van der Waals surface area contributed by atoms with Gasteiger partial charge < -0.3 is 19.5 Å². The van der Waals surface area contributed by atoms with Gasteiger partial charge in [0.05, 0.1) is 31.6 Å². The Labute approximate surface area is 176 Å². The molecule has 0 unspecified atom stereocenters. The lowest BCUT2D eigenvalue weighted by Crippen LogP contribution is -2.52. The van der Waals surface area contributed by atoms with E-state index in [4.69, 9.17) is 14.2 Å². The molecule has 1 heterocycles. The number of amides is 1. The number of sulfonamides is 1. The van der Waals surface area contributed by atoms with Crippen LogP contribution in [-0.4, -0.2) is 53.0 Å². The first-order chi connectivity index (χ1) is 14.2. The van der Waals surface area contributed by atoms with Crippen molar-refractivity contribution < 1.29 is 27.4 Å². The van der Waals surface area contributed by atoms with Crippen molar-refractivity contribution in [3.05, 3.63) is 48.0 Å². The molecule has 1 N–H and O–H groups in total. The number of hydrogen-bond donors (Lipinski definition) is 1. The van der Waals surface area contributed by atoms with Crippen molar-refractivity contribution >= 4 is 21.6 Å². The van der Waals surface area contributed by atoms with Gasteiger partial charge in [0.25, 0.3) is 5.91 Å². The fourth-order valence-electron chi connectivity index (χ4n) is 3.08. The summed E-state index contributed by atoms with van der Waals surface area (Å²) >= 11 is 0. The monoisotopic (exact) mass is 434 g/mol. The highest BCUT2D eigenvalue weighted by Gasteiger charge is 2.35. The fourth-order valence-corrected chi connectivity index (χ4v) is 3.99. The van der Waals surface area contributed by atoms with Crippen molar-refractivity contribution in [1.82, 2.24) is 5.32 Å². The number of aryl methyl sites for hydroxylation is 1. The second-order valence-electron chi connectivity index (χ2n) is 7.27. The van der Waals surface area contributed by atoms with Crippen molar-refractivity contribution in [1.29, 1.82) is 0 Å². The summed E-state index contributed by atoms with van der Waals surface area (Å²) in [5.41, 5.74) is 1.34. The molecule has 162 valence electrons. The van der Waals surface area contributed by atoms with E-state index in [1.165, 1.54) is 4.31 Å². The summed E-state index contributed by atoms with van der Waals surface area (Å²) in [6.45, 7) is 3.82. The van der Waals surface area contributed by atoms with E-state index in [9.17, 15) is 13.2 Å². The van der Waals surface area contributed by atoms with Crippen molar-refractivity contribution in [2.75, 3.05) is 30.8 Å². The summed E-state index contributed by atoms with van der Waals surface area (Å²) < 4.78 is 42.3. The Bertz CT molecular complexity index is 1010. The molecule has 2 atom stereocenters. The number of benzene rings is 2. The standard InChI is InChI=1S/C21H26N2O6S/c1-14-5-10-19-18(11-14)23(30(4,25)26)12-20(29-19)21(24)22-15(2)13-28-17-8-6-16(27-3)7-9-17/h5-11,15,20H,12-13H2,1-4H3,(H,22,24)/t15-,20+/m0/s1. The number of carbonyl (C=O) groups is 1. The molecule has 0 bridgehead atoms. The van der Waals surface area contributed by atoms with E-state index in [-0.39, 0.29) is 19.2 Å². The van der Waals surface area contributed by atoms with Crippen LogP contribution in [0.25, 0.3) is 0 Å². The lowest BCUT2D eigenvalue weighted by atomic mass is 10.1. The zero-order valence-electron chi connectivity index (χ0n) is 17.4. The van der Waals surface area contributed by atoms with Crippen LogP contribution >= 0.6 is 0 Å². The van der Waals surface area contributed by atoms with Crippen molar-refractivity contribution in [2.24, 2.45) is 0 Å². The normalized spacial score (nSPS) is 16.8. The van der Waals surface area contributed by atoms with Gasteiger partial charge in [-0.15, -0.1) is 0 Å². The van der Waals surface area contributed by atoms with Gasteiger partial charge >= 0.3 is 0 Å². The number of nitrogens with zero attached hydrogens (tertiary/aromatic N) is 1. The first-order valence-electron chi connectivity index (χ1n) is 9.49. The summed E-state index contributed by atoms with van der Waals surface area (Å²) in [4.78, 5) is 12.7. The van der Waals surface area contributed by atoms with Crippen molar-refractivity contribution in [2.45, 2.75) is 26.0 Å². The maximum atomic E-state index is 12.7. The Kier molecular flexibility index (Phi) is 6.40. The van der Waals surface area contributed by atoms with Gasteiger partial charge in [0, 0.05) is 0 Å². The zero-order chi connectivity index (χ0) is 21.9. The summed E-state index contributed by atoms with van der Waals surface area (Å²) in [5.74, 6) is 1.34.